The van der Waals surface area contributed by atoms with Gasteiger partial charge in [0, 0.05) is 41.9 Å². The zero-order valence-corrected chi connectivity index (χ0v) is 17.0. The van der Waals surface area contributed by atoms with Gasteiger partial charge in [-0.1, -0.05) is 15.9 Å². The van der Waals surface area contributed by atoms with Crippen LogP contribution < -0.4 is 15.0 Å². The fourth-order valence-electron chi connectivity index (χ4n) is 3.05. The molecule has 2 aromatic carbocycles. The maximum absolute atomic E-state index is 12.7. The van der Waals surface area contributed by atoms with E-state index in [1.54, 1.807) is 13.2 Å². The van der Waals surface area contributed by atoms with Crippen LogP contribution in [-0.4, -0.2) is 51.1 Å². The van der Waals surface area contributed by atoms with Crippen molar-refractivity contribution in [3.05, 3.63) is 52.0 Å². The first-order valence-corrected chi connectivity index (χ1v) is 9.46. The molecule has 5 nitrogen and oxygen atoms in total. The molecule has 26 heavy (non-hydrogen) atoms. The Balaban J connectivity index is 1.82. The molecule has 1 N–H and O–H groups in total. The van der Waals surface area contributed by atoms with Crippen LogP contribution in [0.15, 0.2) is 40.9 Å². The van der Waals surface area contributed by atoms with Crippen molar-refractivity contribution in [3.8, 4) is 5.75 Å². The van der Waals surface area contributed by atoms with Crippen LogP contribution in [0.4, 0.5) is 11.4 Å². The number of hydrogen-bond acceptors (Lipinski definition) is 4. The Hall–Kier alpha value is -2.05. The van der Waals surface area contributed by atoms with Gasteiger partial charge in [-0.25, -0.2) is 0 Å². The van der Waals surface area contributed by atoms with E-state index in [1.807, 2.05) is 37.3 Å². The standard InChI is InChI=1S/C20H24BrN3O2/c1-14-12-16(5-6-17(14)21)22-20(25)15-4-7-19(26-3)18(13-15)24-10-8-23(2)9-11-24/h4-7,12-13H,8-11H2,1-3H3,(H,22,25). The van der Waals surface area contributed by atoms with E-state index in [4.69, 9.17) is 4.74 Å². The first kappa shape index (κ1) is 18.7. The van der Waals surface area contributed by atoms with Gasteiger partial charge in [0.25, 0.3) is 5.91 Å². The zero-order valence-electron chi connectivity index (χ0n) is 15.4. The molecule has 138 valence electrons. The molecular weight excluding hydrogens is 394 g/mol. The molecule has 1 saturated heterocycles. The Morgan fingerprint density at radius 2 is 1.85 bits per heavy atom. The number of likely N-dealkylation sites (N-methyl/N-ethyl adjacent to an activating group) is 1. The van der Waals surface area contributed by atoms with E-state index >= 15 is 0 Å². The number of rotatable bonds is 4. The van der Waals surface area contributed by atoms with Crippen molar-refractivity contribution >= 4 is 33.2 Å². The summed E-state index contributed by atoms with van der Waals surface area (Å²) in [5.41, 5.74) is 3.46. The molecule has 0 spiro atoms. The maximum Gasteiger partial charge on any atom is 0.255 e. The first-order chi connectivity index (χ1) is 12.5. The van der Waals surface area contributed by atoms with Crippen molar-refractivity contribution in [2.75, 3.05) is 50.6 Å². The van der Waals surface area contributed by atoms with E-state index in [0.717, 1.165) is 53.3 Å². The molecule has 0 unspecified atom stereocenters. The lowest BCUT2D eigenvalue weighted by Gasteiger charge is -2.34. The molecule has 0 bridgehead atoms. The van der Waals surface area contributed by atoms with Crippen LogP contribution in [0.3, 0.4) is 0 Å². The lowest BCUT2D eigenvalue weighted by molar-refractivity contribution is 0.102. The SMILES string of the molecule is COc1ccc(C(=O)Nc2ccc(Br)c(C)c2)cc1N1CCN(C)CC1. The Labute approximate surface area is 163 Å². The van der Waals surface area contributed by atoms with Crippen molar-refractivity contribution in [3.63, 3.8) is 0 Å². The average Bonchev–Trinajstić information content (AvgIpc) is 2.65. The van der Waals surface area contributed by atoms with Crippen LogP contribution in [-0.2, 0) is 0 Å². The van der Waals surface area contributed by atoms with Gasteiger partial charge in [0.15, 0.2) is 0 Å². The number of carbonyl (C=O) groups excluding carboxylic acids is 1. The van der Waals surface area contributed by atoms with Gasteiger partial charge in [-0.2, -0.15) is 0 Å². The number of hydrogen-bond donors (Lipinski definition) is 1. The van der Waals surface area contributed by atoms with Crippen molar-refractivity contribution < 1.29 is 9.53 Å². The van der Waals surface area contributed by atoms with Gasteiger partial charge in [-0.15, -0.1) is 0 Å². The fraction of sp³-hybridized carbons (Fsp3) is 0.350. The topological polar surface area (TPSA) is 44.8 Å². The Bertz CT molecular complexity index is 802. The molecule has 1 heterocycles. The molecule has 0 atom stereocenters. The van der Waals surface area contributed by atoms with Gasteiger partial charge >= 0.3 is 0 Å². The van der Waals surface area contributed by atoms with Gasteiger partial charge in [0.05, 0.1) is 12.8 Å². The van der Waals surface area contributed by atoms with E-state index in [9.17, 15) is 4.79 Å². The number of aryl methyl sites for hydroxylation is 1. The van der Waals surface area contributed by atoms with Crippen LogP contribution in [0.25, 0.3) is 0 Å². The second kappa shape index (κ2) is 8.10. The molecule has 0 saturated carbocycles. The van der Waals surface area contributed by atoms with Crippen LogP contribution in [0.2, 0.25) is 0 Å². The molecule has 1 fully saturated rings. The van der Waals surface area contributed by atoms with E-state index < -0.39 is 0 Å². The largest absolute Gasteiger partial charge is 0.495 e. The highest BCUT2D eigenvalue weighted by Crippen LogP contribution is 2.30. The number of ether oxygens (including phenoxy) is 1. The minimum Gasteiger partial charge on any atom is -0.495 e. The van der Waals surface area contributed by atoms with E-state index in [-0.39, 0.29) is 5.91 Å². The summed E-state index contributed by atoms with van der Waals surface area (Å²) in [6.07, 6.45) is 0. The number of amides is 1. The number of carbonyl (C=O) groups is 1. The van der Waals surface area contributed by atoms with Gasteiger partial charge in [-0.3, -0.25) is 4.79 Å². The summed E-state index contributed by atoms with van der Waals surface area (Å²) in [6, 6.07) is 11.4. The molecule has 1 aliphatic heterocycles. The molecule has 3 rings (SSSR count). The quantitative estimate of drug-likeness (QED) is 0.821. The smallest absolute Gasteiger partial charge is 0.255 e. The number of nitrogens with zero attached hydrogens (tertiary/aromatic N) is 2. The summed E-state index contributed by atoms with van der Waals surface area (Å²) in [5, 5.41) is 2.97. The first-order valence-electron chi connectivity index (χ1n) is 8.67. The van der Waals surface area contributed by atoms with Crippen LogP contribution >= 0.6 is 15.9 Å². The Kier molecular flexibility index (Phi) is 5.84. The van der Waals surface area contributed by atoms with E-state index in [2.05, 4.69) is 38.1 Å². The third kappa shape index (κ3) is 4.19. The third-order valence-electron chi connectivity index (χ3n) is 4.70. The second-order valence-corrected chi connectivity index (χ2v) is 7.45. The minimum atomic E-state index is -0.121. The van der Waals surface area contributed by atoms with Crippen molar-refractivity contribution in [1.29, 1.82) is 0 Å². The lowest BCUT2D eigenvalue weighted by atomic mass is 10.1. The predicted octanol–water partition coefficient (Wildman–Crippen LogP) is 3.77. The van der Waals surface area contributed by atoms with Gasteiger partial charge in [0.1, 0.15) is 5.75 Å². The predicted molar refractivity (Wildman–Crippen MR) is 110 cm³/mol. The normalized spacial score (nSPS) is 15.0. The van der Waals surface area contributed by atoms with Crippen molar-refractivity contribution in [1.82, 2.24) is 4.90 Å². The number of piperazine rings is 1. The third-order valence-corrected chi connectivity index (χ3v) is 5.59. The molecule has 1 amide bonds. The zero-order chi connectivity index (χ0) is 18.7. The highest BCUT2D eigenvalue weighted by molar-refractivity contribution is 9.10. The number of methoxy groups -OCH3 is 1. The van der Waals surface area contributed by atoms with Gasteiger partial charge in [0.2, 0.25) is 0 Å². The molecule has 2 aromatic rings. The van der Waals surface area contributed by atoms with E-state index in [0.29, 0.717) is 5.56 Å². The number of anilines is 2. The Morgan fingerprint density at radius 3 is 2.50 bits per heavy atom. The highest BCUT2D eigenvalue weighted by atomic mass is 79.9. The van der Waals surface area contributed by atoms with Crippen LogP contribution in [0.5, 0.6) is 5.75 Å². The lowest BCUT2D eigenvalue weighted by Crippen LogP contribution is -2.44. The number of halogens is 1. The Morgan fingerprint density at radius 1 is 1.12 bits per heavy atom. The second-order valence-electron chi connectivity index (χ2n) is 6.60. The molecule has 6 heteroatoms. The average molecular weight is 418 g/mol. The molecule has 1 aliphatic rings. The minimum absolute atomic E-state index is 0.121. The summed E-state index contributed by atoms with van der Waals surface area (Å²) in [4.78, 5) is 17.3. The summed E-state index contributed by atoms with van der Waals surface area (Å²) in [6.45, 7) is 5.84. The monoisotopic (exact) mass is 417 g/mol. The van der Waals surface area contributed by atoms with Crippen LogP contribution in [0, 0.1) is 6.92 Å². The maximum atomic E-state index is 12.7. The number of benzene rings is 2. The number of nitrogens with one attached hydrogen (secondary N) is 1. The molecule has 0 aliphatic carbocycles. The van der Waals surface area contributed by atoms with Gasteiger partial charge in [-0.05, 0) is 55.9 Å². The van der Waals surface area contributed by atoms with Crippen molar-refractivity contribution in [2.24, 2.45) is 0 Å². The summed E-state index contributed by atoms with van der Waals surface area (Å²) < 4.78 is 6.54. The summed E-state index contributed by atoms with van der Waals surface area (Å²) in [7, 11) is 3.79. The molecule has 0 aromatic heterocycles. The fourth-order valence-corrected chi connectivity index (χ4v) is 3.30. The summed E-state index contributed by atoms with van der Waals surface area (Å²) >= 11 is 3.48. The van der Waals surface area contributed by atoms with E-state index in [1.165, 1.54) is 0 Å². The highest BCUT2D eigenvalue weighted by Gasteiger charge is 2.19. The van der Waals surface area contributed by atoms with Crippen molar-refractivity contribution in [2.45, 2.75) is 6.92 Å². The van der Waals surface area contributed by atoms with Crippen LogP contribution in [0.1, 0.15) is 15.9 Å². The van der Waals surface area contributed by atoms with Gasteiger partial charge < -0.3 is 19.9 Å². The molecular formula is C20H24BrN3O2. The summed E-state index contributed by atoms with van der Waals surface area (Å²) in [5.74, 6) is 0.676. The molecule has 0 radical (unpaired) electrons.